The van der Waals surface area contributed by atoms with Crippen LogP contribution in [0.1, 0.15) is 114 Å². The van der Waals surface area contributed by atoms with Gasteiger partial charge in [0.2, 0.25) is 0 Å². The fourth-order valence-electron chi connectivity index (χ4n) is 11.9. The van der Waals surface area contributed by atoms with Crippen molar-refractivity contribution in [1.82, 2.24) is 15.0 Å². The van der Waals surface area contributed by atoms with Gasteiger partial charge in [-0.1, -0.05) is 79.2 Å². The Morgan fingerprint density at radius 1 is 1.13 bits per heavy atom. The number of hydrogen-bond acceptors (Lipinski definition) is 6. The van der Waals surface area contributed by atoms with E-state index in [1.807, 2.05) is 10.9 Å². The Labute approximate surface area is 277 Å². The molecule has 2 heterocycles. The van der Waals surface area contributed by atoms with E-state index in [4.69, 9.17) is 15.2 Å². The van der Waals surface area contributed by atoms with Gasteiger partial charge in [0.1, 0.15) is 0 Å². The highest BCUT2D eigenvalue weighted by Gasteiger charge is 2.72. The molecule has 4 fully saturated rings. The first kappa shape index (κ1) is 34.1. The fourth-order valence-corrected chi connectivity index (χ4v) is 11.9. The summed E-state index contributed by atoms with van der Waals surface area (Å²) in [6, 6.07) is 0.00434. The lowest BCUT2D eigenvalue weighted by atomic mass is 9.34. The van der Waals surface area contributed by atoms with E-state index < -0.39 is 17.4 Å². The molecule has 258 valence electrons. The molecule has 0 unspecified atom stereocenters. The minimum Gasteiger partial charge on any atom is -0.481 e. The standard InChI is InChI=1S/C38H62N4O4/c1-23(2)25(5)34(7)15-16-35(8)26-11-12-29-33(6)19-28(42-18-17-40-41-42)31(46-21-37(10,39)24(3)4)38(29,22-45-20-33)27(26)13-14-36(35,9)30(34)32(43)44/h13,17-18,23-26,28-31H,11-12,14-16,19-22,39H2,1-10H3,(H,43,44)/t25-,26+,28-,29-,30-,31+,33-,34-,35-,36+,37+,38+/m1/s1. The minimum absolute atomic E-state index is 0.00434. The highest BCUT2D eigenvalue weighted by molar-refractivity contribution is 5.73. The second-order valence-electron chi connectivity index (χ2n) is 18.4. The zero-order valence-corrected chi connectivity index (χ0v) is 30.3. The van der Waals surface area contributed by atoms with Gasteiger partial charge in [0, 0.05) is 17.2 Å². The van der Waals surface area contributed by atoms with Crippen molar-refractivity contribution in [2.75, 3.05) is 19.8 Å². The number of carboxylic acid groups (broad SMARTS) is 1. The van der Waals surface area contributed by atoms with Crippen LogP contribution < -0.4 is 5.73 Å². The highest BCUT2D eigenvalue weighted by atomic mass is 16.5. The van der Waals surface area contributed by atoms with Gasteiger partial charge in [-0.15, -0.1) is 5.10 Å². The summed E-state index contributed by atoms with van der Waals surface area (Å²) in [5.74, 6) is 0.630. The van der Waals surface area contributed by atoms with E-state index in [1.54, 1.807) is 6.20 Å². The second kappa shape index (κ2) is 11.1. The summed E-state index contributed by atoms with van der Waals surface area (Å²) in [5, 5.41) is 19.9. The van der Waals surface area contributed by atoms with E-state index in [0.717, 1.165) is 45.1 Å². The van der Waals surface area contributed by atoms with E-state index in [1.165, 1.54) is 5.57 Å². The molecule has 1 aliphatic heterocycles. The highest BCUT2D eigenvalue weighted by Crippen LogP contribution is 2.75. The summed E-state index contributed by atoms with van der Waals surface area (Å²) >= 11 is 0. The van der Waals surface area contributed by atoms with E-state index in [9.17, 15) is 9.90 Å². The van der Waals surface area contributed by atoms with Crippen molar-refractivity contribution in [2.45, 2.75) is 125 Å². The number of hydrogen-bond donors (Lipinski definition) is 2. The van der Waals surface area contributed by atoms with Gasteiger partial charge in [-0.25, -0.2) is 4.68 Å². The first-order valence-electron chi connectivity index (χ1n) is 18.2. The minimum atomic E-state index is -0.623. The first-order valence-corrected chi connectivity index (χ1v) is 18.2. The lowest BCUT2D eigenvalue weighted by Gasteiger charge is -2.71. The SMILES string of the molecule is CC(C)[C@@H](C)[C@@]1(C)CC[C@]2(C)[C@H]3CC[C@@H]4[C@@]5(C)COC[C@@]4(C3=CC[C@@]2(C)[C@@H]1C(=O)O)[C@@H](OC[C@](C)(N)C(C)C)[C@H](n1ccnn1)C5. The molecule has 1 aromatic heterocycles. The van der Waals surface area contributed by atoms with Gasteiger partial charge in [0.15, 0.2) is 0 Å². The molecular weight excluding hydrogens is 576 g/mol. The average Bonchev–Trinajstić information content (AvgIpc) is 3.51. The van der Waals surface area contributed by atoms with Gasteiger partial charge in [0.25, 0.3) is 0 Å². The summed E-state index contributed by atoms with van der Waals surface area (Å²) in [7, 11) is 0. The average molecular weight is 639 g/mol. The molecular formula is C38H62N4O4. The van der Waals surface area contributed by atoms with E-state index in [-0.39, 0.29) is 51.1 Å². The third kappa shape index (κ3) is 4.58. The molecule has 12 atom stereocenters. The molecule has 4 aliphatic carbocycles. The molecule has 0 radical (unpaired) electrons. The molecule has 8 nitrogen and oxygen atoms in total. The van der Waals surface area contributed by atoms with Crippen molar-refractivity contribution in [2.24, 2.45) is 68.3 Å². The van der Waals surface area contributed by atoms with Crippen molar-refractivity contribution >= 4 is 5.97 Å². The van der Waals surface area contributed by atoms with E-state index in [2.05, 4.69) is 85.6 Å². The first-order chi connectivity index (χ1) is 21.4. The number of allylic oxidation sites excluding steroid dienone is 1. The smallest absolute Gasteiger partial charge is 0.307 e. The Bertz CT molecular complexity index is 1340. The quantitative estimate of drug-likeness (QED) is 0.291. The number of carboxylic acids is 1. The summed E-state index contributed by atoms with van der Waals surface area (Å²) in [5.41, 5.74) is 6.70. The van der Waals surface area contributed by atoms with E-state index >= 15 is 0 Å². The number of nitrogens with two attached hydrogens (primary N) is 1. The molecule has 5 aliphatic rings. The lowest BCUT2D eigenvalue weighted by Crippen LogP contribution is -2.70. The van der Waals surface area contributed by atoms with Crippen molar-refractivity contribution < 1.29 is 19.4 Å². The maximum absolute atomic E-state index is 13.5. The van der Waals surface area contributed by atoms with Crippen LogP contribution in [0.4, 0.5) is 0 Å². The number of aromatic nitrogens is 3. The molecule has 6 rings (SSSR count). The van der Waals surface area contributed by atoms with Crippen molar-refractivity contribution in [3.63, 3.8) is 0 Å². The Morgan fingerprint density at radius 2 is 1.85 bits per heavy atom. The molecule has 1 aromatic rings. The normalized spacial score (nSPS) is 45.7. The molecule has 46 heavy (non-hydrogen) atoms. The van der Waals surface area contributed by atoms with Gasteiger partial charge in [-0.3, -0.25) is 4.79 Å². The number of aliphatic carboxylic acids is 1. The molecule has 8 heteroatoms. The van der Waals surface area contributed by atoms with Gasteiger partial charge >= 0.3 is 5.97 Å². The van der Waals surface area contributed by atoms with Crippen LogP contribution >= 0.6 is 0 Å². The summed E-state index contributed by atoms with van der Waals surface area (Å²) in [6.07, 6.45) is 11.9. The summed E-state index contributed by atoms with van der Waals surface area (Å²) < 4.78 is 15.9. The molecule has 0 amide bonds. The largest absolute Gasteiger partial charge is 0.481 e. The van der Waals surface area contributed by atoms with E-state index in [0.29, 0.717) is 31.0 Å². The fraction of sp³-hybridized carbons (Fsp3) is 0.868. The Balaban J connectivity index is 1.51. The molecule has 0 aromatic carbocycles. The van der Waals surface area contributed by atoms with Crippen LogP contribution in [0.25, 0.3) is 0 Å². The van der Waals surface area contributed by atoms with Gasteiger partial charge in [0.05, 0.1) is 44.1 Å². The Morgan fingerprint density at radius 3 is 2.46 bits per heavy atom. The van der Waals surface area contributed by atoms with Gasteiger partial charge in [-0.2, -0.15) is 0 Å². The number of ether oxygens (including phenoxy) is 2. The molecule has 1 saturated heterocycles. The third-order valence-electron chi connectivity index (χ3n) is 15.7. The lowest BCUT2D eigenvalue weighted by molar-refractivity contribution is -0.254. The zero-order valence-electron chi connectivity index (χ0n) is 30.3. The van der Waals surface area contributed by atoms with Crippen LogP contribution in [-0.2, 0) is 14.3 Å². The monoisotopic (exact) mass is 638 g/mol. The molecule has 0 spiro atoms. The van der Waals surface area contributed by atoms with Crippen LogP contribution in [0.15, 0.2) is 24.0 Å². The Kier molecular flexibility index (Phi) is 8.25. The van der Waals surface area contributed by atoms with Crippen molar-refractivity contribution in [1.29, 1.82) is 0 Å². The maximum atomic E-state index is 13.5. The molecule has 2 bridgehead atoms. The topological polar surface area (TPSA) is 112 Å². The maximum Gasteiger partial charge on any atom is 0.307 e. The van der Waals surface area contributed by atoms with Crippen LogP contribution in [0.2, 0.25) is 0 Å². The van der Waals surface area contributed by atoms with Crippen LogP contribution in [-0.4, -0.2) is 57.5 Å². The number of rotatable bonds is 8. The van der Waals surface area contributed by atoms with Crippen molar-refractivity contribution in [3.8, 4) is 0 Å². The Hall–Kier alpha value is -1.77. The predicted octanol–water partition coefficient (Wildman–Crippen LogP) is 7.17. The molecule has 3 N–H and O–H groups in total. The predicted molar refractivity (Wildman–Crippen MR) is 180 cm³/mol. The van der Waals surface area contributed by atoms with Crippen LogP contribution in [0, 0.1) is 62.6 Å². The third-order valence-corrected chi connectivity index (χ3v) is 15.7. The van der Waals surface area contributed by atoms with Crippen LogP contribution in [0.3, 0.4) is 0 Å². The van der Waals surface area contributed by atoms with Crippen molar-refractivity contribution in [3.05, 3.63) is 24.0 Å². The summed E-state index contributed by atoms with van der Waals surface area (Å²) in [6.45, 7) is 24.5. The number of fused-ring (bicyclic) bond motifs is 3. The number of carbonyl (C=O) groups is 1. The van der Waals surface area contributed by atoms with Gasteiger partial charge in [-0.05, 0) is 96.7 Å². The zero-order chi connectivity index (χ0) is 33.7. The summed E-state index contributed by atoms with van der Waals surface area (Å²) in [4.78, 5) is 13.5. The van der Waals surface area contributed by atoms with Crippen LogP contribution in [0.5, 0.6) is 0 Å². The number of nitrogens with zero attached hydrogens (tertiary/aromatic N) is 3. The van der Waals surface area contributed by atoms with Gasteiger partial charge < -0.3 is 20.3 Å². The second-order valence-corrected chi connectivity index (χ2v) is 18.4. The molecule has 3 saturated carbocycles.